The minimum absolute atomic E-state index is 0.0647. The van der Waals surface area contributed by atoms with Crippen molar-refractivity contribution in [3.63, 3.8) is 0 Å². The summed E-state index contributed by atoms with van der Waals surface area (Å²) >= 11 is 0. The summed E-state index contributed by atoms with van der Waals surface area (Å²) in [6.45, 7) is 14.0. The van der Waals surface area contributed by atoms with Gasteiger partial charge in [-0.25, -0.2) is 0 Å². The maximum Gasteiger partial charge on any atom is 0.257 e. The van der Waals surface area contributed by atoms with E-state index in [2.05, 4.69) is 80.0 Å². The van der Waals surface area contributed by atoms with Gasteiger partial charge in [-0.05, 0) is 85.8 Å². The predicted molar refractivity (Wildman–Crippen MR) is 181 cm³/mol. The van der Waals surface area contributed by atoms with E-state index in [1.807, 2.05) is 43.7 Å². The van der Waals surface area contributed by atoms with E-state index >= 15 is 0 Å². The molecule has 1 aliphatic heterocycles. The van der Waals surface area contributed by atoms with Gasteiger partial charge in [0.15, 0.2) is 8.32 Å². The Morgan fingerprint density at radius 3 is 2.50 bits per heavy atom. The smallest absolute Gasteiger partial charge is 0.257 e. The highest BCUT2D eigenvalue weighted by Crippen LogP contribution is 2.42. The van der Waals surface area contributed by atoms with Crippen LogP contribution in [-0.2, 0) is 10.8 Å². The molecule has 1 fully saturated rings. The Morgan fingerprint density at radius 2 is 1.80 bits per heavy atom. The Balaban J connectivity index is 1.33. The molecule has 6 rings (SSSR count). The second-order valence-electron chi connectivity index (χ2n) is 14.1. The van der Waals surface area contributed by atoms with Crippen molar-refractivity contribution in [2.75, 3.05) is 18.6 Å². The molecule has 1 aromatic carbocycles. The lowest BCUT2D eigenvalue weighted by molar-refractivity contribution is 0.0218. The number of carbonyl (C=O) groups is 1. The molecule has 4 aromatic rings. The standard InChI is InChI=1S/C36H45N5O2Si/c1-24-14-16-26(22-38-24)30-17-15-25(21-39-30)19-27-20-29-34(33-28(27)11-10-18-37-33)40(5)23-41(35(29)42)31-12-8-9-13-32(31)43-44(6,7)36(2,3)4/h10-11,14-18,20-22,31-32H,8-9,12-13,19,23H2,1-7H3/t31-,32-/m0/s1. The number of aryl methyl sites for hydroxylation is 1. The molecule has 3 aromatic heterocycles. The van der Waals surface area contributed by atoms with Crippen molar-refractivity contribution >= 4 is 30.8 Å². The van der Waals surface area contributed by atoms with Crippen LogP contribution < -0.4 is 4.90 Å². The minimum Gasteiger partial charge on any atom is -0.412 e. The summed E-state index contributed by atoms with van der Waals surface area (Å²) in [6.07, 6.45) is 10.6. The second-order valence-corrected chi connectivity index (χ2v) is 18.9. The molecular weight excluding hydrogens is 563 g/mol. The molecule has 8 heteroatoms. The molecule has 2 atom stereocenters. The second kappa shape index (κ2) is 11.7. The maximum atomic E-state index is 14.5. The average molecular weight is 608 g/mol. The highest BCUT2D eigenvalue weighted by Gasteiger charge is 2.44. The van der Waals surface area contributed by atoms with Crippen molar-refractivity contribution in [2.45, 2.75) is 90.1 Å². The molecule has 44 heavy (non-hydrogen) atoms. The summed E-state index contributed by atoms with van der Waals surface area (Å²) in [5.74, 6) is 0.0861. The summed E-state index contributed by atoms with van der Waals surface area (Å²) < 4.78 is 7.00. The molecule has 0 radical (unpaired) electrons. The number of hydrogen-bond acceptors (Lipinski definition) is 6. The summed E-state index contributed by atoms with van der Waals surface area (Å²) in [4.78, 5) is 32.7. The quantitative estimate of drug-likeness (QED) is 0.209. The number of nitrogens with zero attached hydrogens (tertiary/aromatic N) is 5. The average Bonchev–Trinajstić information content (AvgIpc) is 2.99. The molecule has 1 amide bonds. The molecule has 1 aliphatic carbocycles. The maximum absolute atomic E-state index is 14.5. The van der Waals surface area contributed by atoms with Gasteiger partial charge in [0.25, 0.3) is 5.91 Å². The zero-order chi connectivity index (χ0) is 31.2. The Morgan fingerprint density at radius 1 is 1.00 bits per heavy atom. The molecule has 0 unspecified atom stereocenters. The number of rotatable bonds is 6. The number of fused-ring (bicyclic) bond motifs is 3. The van der Waals surface area contributed by atoms with Crippen LogP contribution >= 0.6 is 0 Å². The van der Waals surface area contributed by atoms with E-state index in [9.17, 15) is 4.79 Å². The Kier molecular flexibility index (Phi) is 8.09. The summed E-state index contributed by atoms with van der Waals surface area (Å²) in [7, 11) is 0.0882. The van der Waals surface area contributed by atoms with Gasteiger partial charge in [0.2, 0.25) is 0 Å². The molecule has 230 valence electrons. The van der Waals surface area contributed by atoms with Gasteiger partial charge in [0.05, 0.1) is 41.3 Å². The Labute approximate surface area is 262 Å². The summed E-state index contributed by atoms with van der Waals surface area (Å²) in [5.41, 5.74) is 7.57. The van der Waals surface area contributed by atoms with E-state index in [0.717, 1.165) is 75.9 Å². The fourth-order valence-corrected chi connectivity index (χ4v) is 7.82. The minimum atomic E-state index is -2.00. The molecule has 1 saturated carbocycles. The Hall–Kier alpha value is -3.62. The monoisotopic (exact) mass is 607 g/mol. The topological polar surface area (TPSA) is 71.5 Å². The fraction of sp³-hybridized carbons (Fsp3) is 0.444. The van der Waals surface area contributed by atoms with Crippen molar-refractivity contribution < 1.29 is 9.22 Å². The van der Waals surface area contributed by atoms with Gasteiger partial charge in [0, 0.05) is 42.3 Å². The SMILES string of the molecule is Cc1ccc(-c2ccc(Cc3cc4c(c5ncccc35)N(C)CN([C@H]3CCCC[C@@H]3O[Si](C)(C)C(C)(C)C)C4=O)cn2)cn1. The lowest BCUT2D eigenvalue weighted by Crippen LogP contribution is -2.58. The number of amides is 1. The van der Waals surface area contributed by atoms with Gasteiger partial charge in [-0.3, -0.25) is 19.7 Å². The number of carbonyl (C=O) groups excluding carboxylic acids is 1. The molecule has 0 spiro atoms. The van der Waals surface area contributed by atoms with Crippen LogP contribution in [0.3, 0.4) is 0 Å². The number of benzene rings is 1. The summed E-state index contributed by atoms with van der Waals surface area (Å²) in [5, 5.41) is 1.19. The van der Waals surface area contributed by atoms with Crippen LogP contribution in [0.5, 0.6) is 0 Å². The first-order valence-corrected chi connectivity index (χ1v) is 18.8. The highest BCUT2D eigenvalue weighted by atomic mass is 28.4. The van der Waals surface area contributed by atoms with E-state index < -0.39 is 8.32 Å². The Bertz CT molecular complexity index is 1660. The van der Waals surface area contributed by atoms with E-state index in [1.165, 1.54) is 0 Å². The molecular formula is C36H45N5O2Si. The van der Waals surface area contributed by atoms with E-state index in [1.54, 1.807) is 0 Å². The van der Waals surface area contributed by atoms with Gasteiger partial charge < -0.3 is 14.2 Å². The van der Waals surface area contributed by atoms with E-state index in [0.29, 0.717) is 13.1 Å². The summed E-state index contributed by atoms with van der Waals surface area (Å²) in [6, 6.07) is 14.5. The number of pyridine rings is 3. The van der Waals surface area contributed by atoms with Crippen LogP contribution in [0.1, 0.15) is 73.6 Å². The molecule has 7 nitrogen and oxygen atoms in total. The molecule has 0 saturated heterocycles. The zero-order valence-electron chi connectivity index (χ0n) is 27.2. The first-order chi connectivity index (χ1) is 20.9. The van der Waals surface area contributed by atoms with Gasteiger partial charge in [-0.15, -0.1) is 0 Å². The molecule has 4 heterocycles. The predicted octanol–water partition coefficient (Wildman–Crippen LogP) is 7.77. The number of aromatic nitrogens is 3. The van der Waals surface area contributed by atoms with Crippen LogP contribution in [-0.4, -0.2) is 59.9 Å². The lowest BCUT2D eigenvalue weighted by atomic mass is 9.89. The van der Waals surface area contributed by atoms with Crippen molar-refractivity contribution in [2.24, 2.45) is 0 Å². The van der Waals surface area contributed by atoms with Crippen LogP contribution in [0.4, 0.5) is 5.69 Å². The van der Waals surface area contributed by atoms with Gasteiger partial charge in [-0.2, -0.15) is 0 Å². The molecule has 0 bridgehead atoms. The first-order valence-electron chi connectivity index (χ1n) is 15.9. The van der Waals surface area contributed by atoms with Crippen LogP contribution in [0.2, 0.25) is 18.1 Å². The molecule has 0 N–H and O–H groups in total. The van der Waals surface area contributed by atoms with Crippen LogP contribution in [0, 0.1) is 6.92 Å². The molecule has 2 aliphatic rings. The van der Waals surface area contributed by atoms with Gasteiger partial charge in [-0.1, -0.05) is 45.7 Å². The van der Waals surface area contributed by atoms with Crippen molar-refractivity contribution in [1.82, 2.24) is 19.9 Å². The van der Waals surface area contributed by atoms with Crippen molar-refractivity contribution in [3.05, 3.63) is 83.4 Å². The fourth-order valence-electron chi connectivity index (χ4n) is 6.44. The van der Waals surface area contributed by atoms with Crippen LogP contribution in [0.15, 0.2) is 61.1 Å². The number of hydrogen-bond donors (Lipinski definition) is 0. The normalized spacial score (nSPS) is 19.4. The van der Waals surface area contributed by atoms with Crippen molar-refractivity contribution in [3.8, 4) is 11.3 Å². The van der Waals surface area contributed by atoms with E-state index in [-0.39, 0.29) is 23.1 Å². The highest BCUT2D eigenvalue weighted by molar-refractivity contribution is 6.74. The van der Waals surface area contributed by atoms with Crippen LogP contribution in [0.25, 0.3) is 22.2 Å². The third-order valence-corrected chi connectivity index (χ3v) is 14.4. The van der Waals surface area contributed by atoms with Crippen molar-refractivity contribution in [1.29, 1.82) is 0 Å². The first kappa shape index (κ1) is 30.4. The zero-order valence-corrected chi connectivity index (χ0v) is 28.2. The largest absolute Gasteiger partial charge is 0.412 e. The number of anilines is 1. The van der Waals surface area contributed by atoms with Gasteiger partial charge >= 0.3 is 0 Å². The third-order valence-electron chi connectivity index (χ3n) is 9.94. The van der Waals surface area contributed by atoms with Gasteiger partial charge in [0.1, 0.15) is 0 Å². The lowest BCUT2D eigenvalue weighted by Gasteiger charge is -2.48. The third kappa shape index (κ3) is 5.77. The van der Waals surface area contributed by atoms with E-state index in [4.69, 9.17) is 14.4 Å².